The van der Waals surface area contributed by atoms with Gasteiger partial charge in [0, 0.05) is 22.5 Å². The van der Waals surface area contributed by atoms with E-state index in [0.717, 1.165) is 26.2 Å². The molecule has 0 bridgehead atoms. The van der Waals surface area contributed by atoms with Crippen molar-refractivity contribution < 1.29 is 4.79 Å². The summed E-state index contributed by atoms with van der Waals surface area (Å²) in [6, 6.07) is 10.1. The molecule has 0 N–H and O–H groups in total. The number of aromatic nitrogens is 2. The van der Waals surface area contributed by atoms with Crippen LogP contribution in [-0.4, -0.2) is 26.5 Å². The first-order valence-corrected chi connectivity index (χ1v) is 10.6. The van der Waals surface area contributed by atoms with Gasteiger partial charge in [0.05, 0.1) is 23.5 Å². The highest BCUT2D eigenvalue weighted by Crippen LogP contribution is 2.24. The average Bonchev–Trinajstić information content (AvgIpc) is 3.21. The van der Waals surface area contributed by atoms with E-state index < -0.39 is 0 Å². The molecule has 2 heterocycles. The maximum Gasteiger partial charge on any atom is 0.233 e. The SMILES string of the molecule is Cc1csc(SCC(=O)N(Cc2ccccc2)Cc2scnc2C)n1. The molecule has 0 saturated heterocycles. The predicted octanol–water partition coefficient (Wildman–Crippen LogP) is 4.54. The Morgan fingerprint density at radius 3 is 2.60 bits per heavy atom. The number of nitrogens with zero attached hydrogens (tertiary/aromatic N) is 3. The van der Waals surface area contributed by atoms with Gasteiger partial charge in [-0.05, 0) is 19.4 Å². The lowest BCUT2D eigenvalue weighted by Gasteiger charge is -2.22. The first kappa shape index (κ1) is 18.1. The number of hydrogen-bond acceptors (Lipinski definition) is 6. The van der Waals surface area contributed by atoms with Crippen molar-refractivity contribution in [1.82, 2.24) is 14.9 Å². The van der Waals surface area contributed by atoms with E-state index in [1.807, 2.05) is 47.8 Å². The molecule has 0 aliphatic rings. The summed E-state index contributed by atoms with van der Waals surface area (Å²) in [5.74, 6) is 0.520. The van der Waals surface area contributed by atoms with Gasteiger partial charge in [0.2, 0.25) is 5.91 Å². The van der Waals surface area contributed by atoms with E-state index in [4.69, 9.17) is 0 Å². The van der Waals surface area contributed by atoms with Crippen LogP contribution in [0.5, 0.6) is 0 Å². The molecule has 3 aromatic rings. The molecule has 3 rings (SSSR count). The van der Waals surface area contributed by atoms with Gasteiger partial charge in [-0.1, -0.05) is 42.1 Å². The van der Waals surface area contributed by atoms with E-state index in [1.165, 1.54) is 11.8 Å². The van der Waals surface area contributed by atoms with Gasteiger partial charge in [-0.3, -0.25) is 4.79 Å². The highest BCUT2D eigenvalue weighted by molar-refractivity contribution is 8.01. The quantitative estimate of drug-likeness (QED) is 0.557. The van der Waals surface area contributed by atoms with E-state index in [9.17, 15) is 4.79 Å². The van der Waals surface area contributed by atoms with Crippen molar-refractivity contribution in [3.8, 4) is 0 Å². The fourth-order valence-corrected chi connectivity index (χ4v) is 4.84. The number of carbonyl (C=O) groups excluding carboxylic acids is 1. The zero-order chi connectivity index (χ0) is 17.6. The molecule has 0 atom stereocenters. The highest BCUT2D eigenvalue weighted by atomic mass is 32.2. The Bertz CT molecular complexity index is 829. The zero-order valence-corrected chi connectivity index (χ0v) is 16.6. The van der Waals surface area contributed by atoms with Gasteiger partial charge in [0.1, 0.15) is 0 Å². The van der Waals surface area contributed by atoms with Gasteiger partial charge in [-0.25, -0.2) is 9.97 Å². The fourth-order valence-electron chi connectivity index (χ4n) is 2.30. The Balaban J connectivity index is 1.70. The molecule has 130 valence electrons. The minimum atomic E-state index is 0.120. The maximum absolute atomic E-state index is 12.8. The third-order valence-electron chi connectivity index (χ3n) is 3.67. The second-order valence-corrected chi connectivity index (χ2v) is 8.66. The lowest BCUT2D eigenvalue weighted by molar-refractivity contribution is -0.129. The lowest BCUT2D eigenvalue weighted by atomic mass is 10.2. The van der Waals surface area contributed by atoms with E-state index in [1.54, 1.807) is 22.7 Å². The van der Waals surface area contributed by atoms with E-state index in [-0.39, 0.29) is 5.91 Å². The van der Waals surface area contributed by atoms with Crippen LogP contribution in [0.1, 0.15) is 21.8 Å². The molecule has 1 aromatic carbocycles. The molecule has 0 unspecified atom stereocenters. The Kier molecular flexibility index (Phi) is 6.23. The number of rotatable bonds is 7. The van der Waals surface area contributed by atoms with Crippen LogP contribution >= 0.6 is 34.4 Å². The molecule has 7 heteroatoms. The van der Waals surface area contributed by atoms with Crippen molar-refractivity contribution in [3.05, 3.63) is 63.1 Å². The van der Waals surface area contributed by atoms with Crippen molar-refractivity contribution in [2.45, 2.75) is 31.3 Å². The van der Waals surface area contributed by atoms with Gasteiger partial charge >= 0.3 is 0 Å². The predicted molar refractivity (Wildman–Crippen MR) is 105 cm³/mol. The molecule has 0 spiro atoms. The molecular weight excluding hydrogens is 370 g/mol. The van der Waals surface area contributed by atoms with Gasteiger partial charge in [-0.15, -0.1) is 22.7 Å². The summed E-state index contributed by atoms with van der Waals surface area (Å²) >= 11 is 4.70. The zero-order valence-electron chi connectivity index (χ0n) is 14.1. The summed E-state index contributed by atoms with van der Waals surface area (Å²) < 4.78 is 0.944. The van der Waals surface area contributed by atoms with Gasteiger partial charge in [0.15, 0.2) is 4.34 Å². The van der Waals surface area contributed by atoms with Gasteiger partial charge in [0.25, 0.3) is 0 Å². The largest absolute Gasteiger partial charge is 0.332 e. The van der Waals surface area contributed by atoms with Crippen LogP contribution in [0.2, 0.25) is 0 Å². The third kappa shape index (κ3) is 5.14. The maximum atomic E-state index is 12.8. The summed E-state index contributed by atoms with van der Waals surface area (Å²) in [7, 11) is 0. The van der Waals surface area contributed by atoms with Crippen LogP contribution in [0.15, 0.2) is 45.6 Å². The summed E-state index contributed by atoms with van der Waals surface area (Å²) in [6.07, 6.45) is 0. The van der Waals surface area contributed by atoms with Crippen molar-refractivity contribution in [2.75, 3.05) is 5.75 Å². The van der Waals surface area contributed by atoms with Crippen LogP contribution < -0.4 is 0 Å². The Hall–Kier alpha value is -1.70. The molecule has 0 saturated carbocycles. The summed E-state index contributed by atoms with van der Waals surface area (Å²) in [5.41, 5.74) is 4.97. The van der Waals surface area contributed by atoms with Gasteiger partial charge in [-0.2, -0.15) is 0 Å². The second-order valence-electron chi connectivity index (χ2n) is 5.64. The molecule has 0 aliphatic carbocycles. The molecule has 0 fully saturated rings. The number of carbonyl (C=O) groups is 1. The van der Waals surface area contributed by atoms with Crippen LogP contribution in [0.3, 0.4) is 0 Å². The van der Waals surface area contributed by atoms with E-state index in [2.05, 4.69) is 22.1 Å². The molecule has 4 nitrogen and oxygen atoms in total. The number of benzene rings is 1. The smallest absolute Gasteiger partial charge is 0.233 e. The van der Waals surface area contributed by atoms with Crippen LogP contribution in [0, 0.1) is 13.8 Å². The first-order chi connectivity index (χ1) is 12.1. The number of hydrogen-bond donors (Lipinski definition) is 0. The highest BCUT2D eigenvalue weighted by Gasteiger charge is 2.17. The number of aryl methyl sites for hydroxylation is 2. The van der Waals surface area contributed by atoms with Crippen LogP contribution in [0.4, 0.5) is 0 Å². The third-order valence-corrected chi connectivity index (χ3v) is 6.71. The van der Waals surface area contributed by atoms with Crippen molar-refractivity contribution in [1.29, 1.82) is 0 Å². The topological polar surface area (TPSA) is 46.1 Å². The van der Waals surface area contributed by atoms with Crippen molar-refractivity contribution in [3.63, 3.8) is 0 Å². The molecule has 0 aliphatic heterocycles. The minimum absolute atomic E-state index is 0.120. The van der Waals surface area contributed by atoms with Gasteiger partial charge < -0.3 is 4.90 Å². The van der Waals surface area contributed by atoms with Crippen LogP contribution in [-0.2, 0) is 17.9 Å². The standard InChI is InChI=1S/C18H19N3OS3/c1-13-10-23-18(20-13)24-11-17(22)21(8-15-6-4-3-5-7-15)9-16-14(2)19-12-25-16/h3-7,10,12H,8-9,11H2,1-2H3. The average molecular weight is 390 g/mol. The summed E-state index contributed by atoms with van der Waals surface area (Å²) in [6.45, 7) is 5.16. The number of thiazole rings is 2. The van der Waals surface area contributed by atoms with Crippen molar-refractivity contribution in [2.24, 2.45) is 0 Å². The number of thioether (sulfide) groups is 1. The molecule has 25 heavy (non-hydrogen) atoms. The normalized spacial score (nSPS) is 10.8. The first-order valence-electron chi connectivity index (χ1n) is 7.87. The Morgan fingerprint density at radius 1 is 1.16 bits per heavy atom. The van der Waals surface area contributed by atoms with Crippen molar-refractivity contribution >= 4 is 40.3 Å². The number of amides is 1. The second kappa shape index (κ2) is 8.60. The molecule has 2 aromatic heterocycles. The Morgan fingerprint density at radius 2 is 1.96 bits per heavy atom. The van der Waals surface area contributed by atoms with E-state index >= 15 is 0 Å². The van der Waals surface area contributed by atoms with Crippen LogP contribution in [0.25, 0.3) is 0 Å². The summed E-state index contributed by atoms with van der Waals surface area (Å²) in [4.78, 5) is 24.6. The summed E-state index contributed by atoms with van der Waals surface area (Å²) in [5, 5.41) is 2.01. The fraction of sp³-hybridized carbons (Fsp3) is 0.278. The lowest BCUT2D eigenvalue weighted by Crippen LogP contribution is -2.31. The minimum Gasteiger partial charge on any atom is -0.332 e. The Labute approximate surface area is 159 Å². The molecule has 1 amide bonds. The van der Waals surface area contributed by atoms with E-state index in [0.29, 0.717) is 18.8 Å². The molecule has 0 radical (unpaired) electrons. The monoisotopic (exact) mass is 389 g/mol. The molecular formula is C18H19N3OS3.